The Kier molecular flexibility index (Phi) is 4.20. The van der Waals surface area contributed by atoms with Gasteiger partial charge in [0.15, 0.2) is 0 Å². The fourth-order valence-corrected chi connectivity index (χ4v) is 1.83. The fraction of sp³-hybridized carbons (Fsp3) is 0.200. The molecule has 0 aliphatic carbocycles. The zero-order chi connectivity index (χ0) is 14.5. The smallest absolute Gasteiger partial charge is 0.339 e. The largest absolute Gasteiger partial charge is 0.460 e. The molecule has 2 amide bonds. The first kappa shape index (κ1) is 13.9. The summed E-state index contributed by atoms with van der Waals surface area (Å²) < 4.78 is 5.30. The van der Waals surface area contributed by atoms with E-state index in [0.29, 0.717) is 5.76 Å². The molecule has 2 aromatic rings. The van der Waals surface area contributed by atoms with E-state index >= 15 is 0 Å². The predicted octanol–water partition coefficient (Wildman–Crippen LogP) is 3.36. The van der Waals surface area contributed by atoms with Gasteiger partial charge in [-0.15, -0.1) is 0 Å². The van der Waals surface area contributed by atoms with Crippen molar-refractivity contribution in [1.82, 2.24) is 5.43 Å². The molecule has 0 aliphatic rings. The van der Waals surface area contributed by atoms with Crippen LogP contribution in [0.2, 0.25) is 0 Å². The van der Waals surface area contributed by atoms with Crippen LogP contribution in [-0.2, 0) is 0 Å². The number of benzene rings is 1. The standard InChI is InChI=1S/C15H17N3O2/c1-10-5-4-6-11(2)14(10)17-15(19)18-16-9-13-8-7-12(3)20-13/h4-9H,1-3H3,(H2,17,18,19). The molecule has 1 aromatic heterocycles. The van der Waals surface area contributed by atoms with Crippen LogP contribution in [0.4, 0.5) is 10.5 Å². The van der Waals surface area contributed by atoms with Crippen molar-refractivity contribution in [2.24, 2.45) is 5.10 Å². The minimum Gasteiger partial charge on any atom is -0.460 e. The molecule has 0 saturated carbocycles. The van der Waals surface area contributed by atoms with E-state index in [4.69, 9.17) is 4.42 Å². The van der Waals surface area contributed by atoms with E-state index in [1.54, 1.807) is 6.07 Å². The average molecular weight is 271 g/mol. The molecule has 0 bridgehead atoms. The number of hydrogen-bond donors (Lipinski definition) is 2. The van der Waals surface area contributed by atoms with Crippen molar-refractivity contribution in [3.8, 4) is 0 Å². The number of aryl methyl sites for hydroxylation is 3. The van der Waals surface area contributed by atoms with Gasteiger partial charge < -0.3 is 9.73 Å². The fourth-order valence-electron chi connectivity index (χ4n) is 1.83. The third-order valence-corrected chi connectivity index (χ3v) is 2.84. The maximum absolute atomic E-state index is 11.7. The predicted molar refractivity (Wildman–Crippen MR) is 79.1 cm³/mol. The summed E-state index contributed by atoms with van der Waals surface area (Å²) in [4.78, 5) is 11.7. The Bertz CT molecular complexity index is 624. The summed E-state index contributed by atoms with van der Waals surface area (Å²) in [5, 5.41) is 6.61. The van der Waals surface area contributed by atoms with Crippen molar-refractivity contribution in [3.05, 3.63) is 53.0 Å². The van der Waals surface area contributed by atoms with Gasteiger partial charge in [-0.2, -0.15) is 5.10 Å². The first-order chi connectivity index (χ1) is 9.56. The number of anilines is 1. The number of hydrazone groups is 1. The van der Waals surface area contributed by atoms with Gasteiger partial charge >= 0.3 is 6.03 Å². The highest BCUT2D eigenvalue weighted by Gasteiger charge is 2.05. The van der Waals surface area contributed by atoms with Gasteiger partial charge in [0.1, 0.15) is 11.5 Å². The van der Waals surface area contributed by atoms with Crippen molar-refractivity contribution >= 4 is 17.9 Å². The summed E-state index contributed by atoms with van der Waals surface area (Å²) in [5.74, 6) is 1.39. The van der Waals surface area contributed by atoms with Crippen LogP contribution in [0.1, 0.15) is 22.6 Å². The number of urea groups is 1. The number of amides is 2. The molecule has 0 spiro atoms. The van der Waals surface area contributed by atoms with Gasteiger partial charge in [-0.25, -0.2) is 10.2 Å². The van der Waals surface area contributed by atoms with Crippen molar-refractivity contribution in [3.63, 3.8) is 0 Å². The third-order valence-electron chi connectivity index (χ3n) is 2.84. The maximum Gasteiger partial charge on any atom is 0.339 e. The van der Waals surface area contributed by atoms with Crippen molar-refractivity contribution < 1.29 is 9.21 Å². The second-order valence-corrected chi connectivity index (χ2v) is 4.54. The molecule has 0 saturated heterocycles. The molecule has 0 unspecified atom stereocenters. The molecule has 0 atom stereocenters. The van der Waals surface area contributed by atoms with E-state index in [1.165, 1.54) is 6.21 Å². The number of para-hydroxylation sites is 1. The molecule has 0 radical (unpaired) electrons. The van der Waals surface area contributed by atoms with Crippen LogP contribution in [0.15, 0.2) is 39.9 Å². The van der Waals surface area contributed by atoms with Gasteiger partial charge in [0.25, 0.3) is 0 Å². The zero-order valence-corrected chi connectivity index (χ0v) is 11.7. The number of hydrogen-bond acceptors (Lipinski definition) is 3. The lowest BCUT2D eigenvalue weighted by molar-refractivity contribution is 0.252. The third kappa shape index (κ3) is 3.47. The second kappa shape index (κ2) is 6.06. The van der Waals surface area contributed by atoms with Crippen LogP contribution in [0, 0.1) is 20.8 Å². The van der Waals surface area contributed by atoms with Gasteiger partial charge in [-0.1, -0.05) is 18.2 Å². The maximum atomic E-state index is 11.7. The lowest BCUT2D eigenvalue weighted by atomic mass is 10.1. The lowest BCUT2D eigenvalue weighted by Crippen LogP contribution is -2.25. The van der Waals surface area contributed by atoms with Gasteiger partial charge in [-0.05, 0) is 44.0 Å². The molecule has 0 aliphatic heterocycles. The first-order valence-electron chi connectivity index (χ1n) is 6.29. The molecule has 5 nitrogen and oxygen atoms in total. The SMILES string of the molecule is Cc1ccc(C=NNC(=O)Nc2c(C)cccc2C)o1. The summed E-state index contributed by atoms with van der Waals surface area (Å²) in [6.07, 6.45) is 1.46. The molecular formula is C15H17N3O2. The molecule has 1 heterocycles. The highest BCUT2D eigenvalue weighted by Crippen LogP contribution is 2.18. The number of nitrogens with one attached hydrogen (secondary N) is 2. The quantitative estimate of drug-likeness (QED) is 0.664. The van der Waals surface area contributed by atoms with E-state index in [2.05, 4.69) is 15.8 Å². The minimum absolute atomic E-state index is 0.387. The number of nitrogens with zero attached hydrogens (tertiary/aromatic N) is 1. The summed E-state index contributed by atoms with van der Waals surface area (Å²) in [6, 6.07) is 9.06. The number of carbonyl (C=O) groups is 1. The van der Waals surface area contributed by atoms with E-state index < -0.39 is 0 Å². The Labute approximate surface area is 117 Å². The summed E-state index contributed by atoms with van der Waals surface area (Å²) >= 11 is 0. The van der Waals surface area contributed by atoms with E-state index in [9.17, 15) is 4.79 Å². The highest BCUT2D eigenvalue weighted by atomic mass is 16.3. The van der Waals surface area contributed by atoms with Crippen LogP contribution in [0.5, 0.6) is 0 Å². The van der Waals surface area contributed by atoms with Gasteiger partial charge in [0.05, 0.1) is 6.21 Å². The Balaban J connectivity index is 1.94. The van der Waals surface area contributed by atoms with E-state index in [-0.39, 0.29) is 6.03 Å². The normalized spacial score (nSPS) is 10.8. The van der Waals surface area contributed by atoms with E-state index in [0.717, 1.165) is 22.6 Å². The Morgan fingerprint density at radius 2 is 1.85 bits per heavy atom. The molecule has 20 heavy (non-hydrogen) atoms. The van der Waals surface area contributed by atoms with Crippen molar-refractivity contribution in [2.75, 3.05) is 5.32 Å². The van der Waals surface area contributed by atoms with Gasteiger partial charge in [0, 0.05) is 5.69 Å². The molecule has 0 fully saturated rings. The summed E-state index contributed by atoms with van der Waals surface area (Å²) in [5.41, 5.74) is 5.21. The molecule has 1 aromatic carbocycles. The lowest BCUT2D eigenvalue weighted by Gasteiger charge is -2.10. The Hall–Kier alpha value is -2.56. The molecule has 2 N–H and O–H groups in total. The van der Waals surface area contributed by atoms with Crippen LogP contribution in [0.25, 0.3) is 0 Å². The zero-order valence-electron chi connectivity index (χ0n) is 11.7. The Morgan fingerprint density at radius 3 is 2.45 bits per heavy atom. The van der Waals surface area contributed by atoms with Crippen LogP contribution in [0.3, 0.4) is 0 Å². The van der Waals surface area contributed by atoms with Gasteiger partial charge in [0.2, 0.25) is 0 Å². The monoisotopic (exact) mass is 271 g/mol. The van der Waals surface area contributed by atoms with Crippen molar-refractivity contribution in [2.45, 2.75) is 20.8 Å². The molecule has 5 heteroatoms. The van der Waals surface area contributed by atoms with Gasteiger partial charge in [-0.3, -0.25) is 0 Å². The van der Waals surface area contributed by atoms with Crippen molar-refractivity contribution in [1.29, 1.82) is 0 Å². The highest BCUT2D eigenvalue weighted by molar-refractivity contribution is 5.91. The summed E-state index contributed by atoms with van der Waals surface area (Å²) in [6.45, 7) is 5.73. The molecule has 104 valence electrons. The van der Waals surface area contributed by atoms with E-state index in [1.807, 2.05) is 45.0 Å². The van der Waals surface area contributed by atoms with Crippen LogP contribution < -0.4 is 10.7 Å². The van der Waals surface area contributed by atoms with Crippen LogP contribution >= 0.6 is 0 Å². The van der Waals surface area contributed by atoms with Crippen LogP contribution in [-0.4, -0.2) is 12.2 Å². The summed E-state index contributed by atoms with van der Waals surface area (Å²) in [7, 11) is 0. The second-order valence-electron chi connectivity index (χ2n) is 4.54. The first-order valence-corrected chi connectivity index (χ1v) is 6.29. The number of furan rings is 1. The molecule has 2 rings (SSSR count). The molecular weight excluding hydrogens is 254 g/mol. The number of rotatable bonds is 3. The Morgan fingerprint density at radius 1 is 1.15 bits per heavy atom. The average Bonchev–Trinajstić information content (AvgIpc) is 2.80. The minimum atomic E-state index is -0.387. The number of carbonyl (C=O) groups excluding carboxylic acids is 1. The topological polar surface area (TPSA) is 66.6 Å².